The van der Waals surface area contributed by atoms with Crippen molar-refractivity contribution in [2.45, 2.75) is 185 Å². The van der Waals surface area contributed by atoms with Crippen LogP contribution >= 0.6 is 0 Å². The van der Waals surface area contributed by atoms with Crippen LogP contribution in [-0.2, 0) is 23.7 Å². The molecule has 1 heterocycles. The average molecular weight is 827 g/mol. The van der Waals surface area contributed by atoms with Crippen molar-refractivity contribution in [2.75, 3.05) is 26.4 Å². The summed E-state index contributed by atoms with van der Waals surface area (Å²) >= 11 is 0. The molecule has 1 aliphatic heterocycles. The van der Waals surface area contributed by atoms with Crippen molar-refractivity contribution < 1.29 is 44.2 Å². The lowest BCUT2D eigenvalue weighted by molar-refractivity contribution is -0.305. The fourth-order valence-electron chi connectivity index (χ4n) is 6.19. The summed E-state index contributed by atoms with van der Waals surface area (Å²) in [6.07, 6.45) is 48.7. The van der Waals surface area contributed by atoms with E-state index in [1.54, 1.807) is 0 Å². The van der Waals surface area contributed by atoms with Gasteiger partial charge in [-0.2, -0.15) is 0 Å². The molecule has 0 aliphatic carbocycles. The number of hydrogen-bond donors (Lipinski definition) is 4. The lowest BCUT2D eigenvalue weighted by Crippen LogP contribution is -2.59. The summed E-state index contributed by atoms with van der Waals surface area (Å²) in [5.41, 5.74) is 0. The molecule has 1 rings (SSSR count). The number of hydrogen-bond acceptors (Lipinski definition) is 9. The monoisotopic (exact) mass is 827 g/mol. The smallest absolute Gasteiger partial charge is 0.306 e. The maximum Gasteiger partial charge on any atom is 0.306 e. The zero-order valence-electron chi connectivity index (χ0n) is 36.7. The number of carbonyl (C=O) groups is 1. The first kappa shape index (κ1) is 54.1. The molecule has 9 heteroatoms. The van der Waals surface area contributed by atoms with Gasteiger partial charge >= 0.3 is 5.97 Å². The van der Waals surface area contributed by atoms with Crippen LogP contribution in [-0.4, -0.2) is 89.6 Å². The van der Waals surface area contributed by atoms with Crippen molar-refractivity contribution in [2.24, 2.45) is 0 Å². The molecule has 0 saturated carbocycles. The van der Waals surface area contributed by atoms with Gasteiger partial charge in [-0.25, -0.2) is 0 Å². The average Bonchev–Trinajstić information content (AvgIpc) is 3.24. The number of unbranched alkanes of at least 4 members (excludes halogenated alkanes) is 10. The zero-order valence-corrected chi connectivity index (χ0v) is 36.7. The standard InChI is InChI=1S/C50H82O9/c1-3-5-7-9-11-13-15-17-19-21-22-23-25-27-29-31-33-35-37-39-46(52)58-44(43-57-50-49(55)48(54)47(53)45(41-51)59-50)42-56-40-38-36-34-32-30-28-26-24-20-18-16-14-12-10-8-6-4-2/h5,7,11,13-14,16-17,19-20,22-24,27,29,33,35,44-45,47-51,53-55H,3-4,6,8-10,12,15,18,21,25-26,28,30-32,34,36-43H2,1-2H3/b7-5-,13-11-,16-14-,19-17-,23-22-,24-20-,29-27-,35-33-. The van der Waals surface area contributed by atoms with Crippen molar-refractivity contribution in [1.29, 1.82) is 0 Å². The summed E-state index contributed by atoms with van der Waals surface area (Å²) in [6, 6.07) is 0. The lowest BCUT2D eigenvalue weighted by Gasteiger charge is -2.39. The van der Waals surface area contributed by atoms with Crippen LogP contribution in [0.3, 0.4) is 0 Å². The molecule has 0 aromatic rings. The van der Waals surface area contributed by atoms with E-state index in [0.29, 0.717) is 13.0 Å². The molecule has 0 amide bonds. The van der Waals surface area contributed by atoms with E-state index in [-0.39, 0.29) is 19.6 Å². The highest BCUT2D eigenvalue weighted by Gasteiger charge is 2.44. The van der Waals surface area contributed by atoms with Crippen molar-refractivity contribution in [1.82, 2.24) is 0 Å². The fraction of sp³-hybridized carbons (Fsp3) is 0.660. The minimum atomic E-state index is -1.56. The van der Waals surface area contributed by atoms with Gasteiger partial charge in [0.15, 0.2) is 6.29 Å². The molecular formula is C50H82O9. The van der Waals surface area contributed by atoms with Gasteiger partial charge in [0.05, 0.1) is 19.8 Å². The fourth-order valence-corrected chi connectivity index (χ4v) is 6.19. The first-order chi connectivity index (χ1) is 28.9. The molecule has 9 nitrogen and oxygen atoms in total. The maximum atomic E-state index is 12.8. The normalized spacial score (nSPS) is 21.1. The van der Waals surface area contributed by atoms with Crippen molar-refractivity contribution >= 4 is 5.97 Å². The van der Waals surface area contributed by atoms with Gasteiger partial charge in [-0.05, 0) is 83.5 Å². The number of esters is 1. The highest BCUT2D eigenvalue weighted by atomic mass is 16.7. The third-order valence-corrected chi connectivity index (χ3v) is 9.75. The van der Waals surface area contributed by atoms with E-state index in [2.05, 4.69) is 98.9 Å². The molecule has 1 saturated heterocycles. The van der Waals surface area contributed by atoms with E-state index in [9.17, 15) is 25.2 Å². The van der Waals surface area contributed by atoms with Crippen molar-refractivity contribution in [3.8, 4) is 0 Å². The van der Waals surface area contributed by atoms with Crippen LogP contribution in [0.15, 0.2) is 97.2 Å². The summed E-state index contributed by atoms with van der Waals surface area (Å²) in [5.74, 6) is -0.403. The minimum Gasteiger partial charge on any atom is -0.457 e. The molecule has 1 aliphatic rings. The second-order valence-electron chi connectivity index (χ2n) is 15.1. The highest BCUT2D eigenvalue weighted by molar-refractivity contribution is 5.69. The van der Waals surface area contributed by atoms with Crippen LogP contribution in [0.2, 0.25) is 0 Å². The van der Waals surface area contributed by atoms with Crippen molar-refractivity contribution in [3.63, 3.8) is 0 Å². The second-order valence-corrected chi connectivity index (χ2v) is 15.1. The van der Waals surface area contributed by atoms with Gasteiger partial charge in [-0.1, -0.05) is 156 Å². The molecule has 0 bridgehead atoms. The SMILES string of the molecule is CC/C=C\C/C=C\C/C=C\C/C=C\C/C=C\C/C=C\CCC(=O)OC(COCCCCCCCC/C=C\C/C=C\CCCCCC)COC1OC(CO)C(O)C(O)C1O. The summed E-state index contributed by atoms with van der Waals surface area (Å²) in [4.78, 5) is 12.8. The van der Waals surface area contributed by atoms with Gasteiger partial charge in [-0.15, -0.1) is 0 Å². The third kappa shape index (κ3) is 31.6. The van der Waals surface area contributed by atoms with E-state index < -0.39 is 49.4 Å². The molecule has 336 valence electrons. The maximum absolute atomic E-state index is 12.8. The molecule has 1 fully saturated rings. The predicted octanol–water partition coefficient (Wildman–Crippen LogP) is 10.4. The Morgan fingerprint density at radius 1 is 0.559 bits per heavy atom. The number of ether oxygens (including phenoxy) is 4. The Morgan fingerprint density at radius 2 is 1.03 bits per heavy atom. The molecule has 0 radical (unpaired) electrons. The number of rotatable bonds is 37. The van der Waals surface area contributed by atoms with E-state index in [1.165, 1.54) is 51.4 Å². The number of allylic oxidation sites excluding steroid dienone is 16. The molecular weight excluding hydrogens is 745 g/mol. The van der Waals surface area contributed by atoms with Crippen LogP contribution in [0.4, 0.5) is 0 Å². The van der Waals surface area contributed by atoms with Crippen LogP contribution in [0.1, 0.15) is 149 Å². The van der Waals surface area contributed by atoms with Gasteiger partial charge in [0.2, 0.25) is 0 Å². The van der Waals surface area contributed by atoms with E-state index in [4.69, 9.17) is 18.9 Å². The minimum absolute atomic E-state index is 0.101. The first-order valence-electron chi connectivity index (χ1n) is 22.8. The Labute approximate surface area is 358 Å². The van der Waals surface area contributed by atoms with E-state index >= 15 is 0 Å². The van der Waals surface area contributed by atoms with Crippen molar-refractivity contribution in [3.05, 3.63) is 97.2 Å². The lowest BCUT2D eigenvalue weighted by atomic mass is 9.99. The van der Waals surface area contributed by atoms with Gasteiger partial charge in [0, 0.05) is 13.0 Å². The van der Waals surface area contributed by atoms with Crippen LogP contribution in [0.25, 0.3) is 0 Å². The molecule has 0 spiro atoms. The summed E-state index contributed by atoms with van der Waals surface area (Å²) in [5, 5.41) is 40.1. The Bertz CT molecular complexity index is 1210. The van der Waals surface area contributed by atoms with Crippen LogP contribution < -0.4 is 0 Å². The largest absolute Gasteiger partial charge is 0.457 e. The van der Waals surface area contributed by atoms with E-state index in [1.807, 2.05) is 12.2 Å². The summed E-state index contributed by atoms with van der Waals surface area (Å²) in [6.45, 7) is 4.29. The van der Waals surface area contributed by atoms with Crippen LogP contribution in [0.5, 0.6) is 0 Å². The molecule has 6 unspecified atom stereocenters. The number of aliphatic hydroxyl groups excluding tert-OH is 4. The Kier molecular flexibility index (Phi) is 37.2. The van der Waals surface area contributed by atoms with Gasteiger partial charge < -0.3 is 39.4 Å². The molecule has 0 aromatic heterocycles. The quantitative estimate of drug-likeness (QED) is 0.0274. The number of carbonyl (C=O) groups excluding carboxylic acids is 1. The second kappa shape index (κ2) is 40.5. The topological polar surface area (TPSA) is 135 Å². The summed E-state index contributed by atoms with van der Waals surface area (Å²) in [7, 11) is 0. The Balaban J connectivity index is 2.35. The van der Waals surface area contributed by atoms with Gasteiger partial charge in [0.25, 0.3) is 0 Å². The molecule has 4 N–H and O–H groups in total. The Hall–Kier alpha value is -2.89. The zero-order chi connectivity index (χ0) is 42.9. The summed E-state index contributed by atoms with van der Waals surface area (Å²) < 4.78 is 22.7. The van der Waals surface area contributed by atoms with Gasteiger partial charge in [-0.3, -0.25) is 4.79 Å². The highest BCUT2D eigenvalue weighted by Crippen LogP contribution is 2.22. The molecule has 6 atom stereocenters. The predicted molar refractivity (Wildman–Crippen MR) is 242 cm³/mol. The van der Waals surface area contributed by atoms with Crippen LogP contribution in [0, 0.1) is 0 Å². The van der Waals surface area contributed by atoms with E-state index in [0.717, 1.165) is 70.6 Å². The first-order valence-corrected chi connectivity index (χ1v) is 22.8. The van der Waals surface area contributed by atoms with Gasteiger partial charge in [0.1, 0.15) is 30.5 Å². The Morgan fingerprint density at radius 3 is 1.56 bits per heavy atom. The molecule has 59 heavy (non-hydrogen) atoms. The third-order valence-electron chi connectivity index (χ3n) is 9.75. The molecule has 0 aromatic carbocycles. The number of aliphatic hydroxyl groups is 4.